The number of piperidine rings is 3. The van der Waals surface area contributed by atoms with Crippen LogP contribution in [0.1, 0.15) is 55.2 Å². The Balaban J connectivity index is 1.07. The fourth-order valence-electron chi connectivity index (χ4n) is 7.74. The van der Waals surface area contributed by atoms with Crippen LogP contribution in [0.25, 0.3) is 0 Å². The molecule has 0 radical (unpaired) electrons. The lowest BCUT2D eigenvalue weighted by atomic mass is 9.79. The minimum Gasteiger partial charge on any atom is -0.436 e. The van der Waals surface area contributed by atoms with Crippen molar-refractivity contribution in [3.8, 4) is 0 Å². The average Bonchev–Trinajstić information content (AvgIpc) is 3.24. The third-order valence-electron chi connectivity index (χ3n) is 10.7. The molecule has 2 aromatic rings. The van der Waals surface area contributed by atoms with Crippen LogP contribution < -0.4 is 11.1 Å². The number of amides is 4. The van der Waals surface area contributed by atoms with E-state index in [0.717, 1.165) is 60.6 Å². The molecule has 4 aliphatic rings. The molecule has 5 heterocycles. The average molecular weight is 632 g/mol. The van der Waals surface area contributed by atoms with Gasteiger partial charge in [-0.15, -0.1) is 0 Å². The van der Waals surface area contributed by atoms with Crippen molar-refractivity contribution in [3.63, 3.8) is 0 Å². The molecule has 0 bridgehead atoms. The maximum Gasteiger partial charge on any atom is 0.410 e. The van der Waals surface area contributed by atoms with E-state index in [2.05, 4.69) is 28.3 Å². The molecule has 11 heteroatoms. The largest absolute Gasteiger partial charge is 0.436 e. The molecule has 0 unspecified atom stereocenters. The molecule has 0 aliphatic carbocycles. The molecular formula is C35H49N7O4. The van der Waals surface area contributed by atoms with Gasteiger partial charge in [-0.2, -0.15) is 0 Å². The van der Waals surface area contributed by atoms with Crippen molar-refractivity contribution in [1.29, 1.82) is 0 Å². The summed E-state index contributed by atoms with van der Waals surface area (Å²) in [6.45, 7) is 7.12. The van der Waals surface area contributed by atoms with Gasteiger partial charge in [-0.3, -0.25) is 4.79 Å². The Kier molecular flexibility index (Phi) is 9.96. The first-order valence-corrected chi connectivity index (χ1v) is 17.0. The SMILES string of the molecule is Cc1cc(C[C@@H](OC(=O)N2CCC(N3CCc4ccccc4NC3=O)CC2)C(=O)N2CCC(C3CCN(C)CC3)CC2)cnc1N. The quantitative estimate of drug-likeness (QED) is 0.491. The van der Waals surface area contributed by atoms with Crippen LogP contribution in [0.5, 0.6) is 0 Å². The molecule has 3 fully saturated rings. The Hall–Kier alpha value is -3.86. The molecule has 46 heavy (non-hydrogen) atoms. The van der Waals surface area contributed by atoms with Crippen LogP contribution in [0, 0.1) is 18.8 Å². The zero-order valence-electron chi connectivity index (χ0n) is 27.3. The molecular weight excluding hydrogens is 582 g/mol. The van der Waals surface area contributed by atoms with Crippen molar-refractivity contribution in [3.05, 3.63) is 53.2 Å². The first-order valence-electron chi connectivity index (χ1n) is 17.0. The molecule has 4 aliphatic heterocycles. The lowest BCUT2D eigenvalue weighted by molar-refractivity contribution is -0.142. The van der Waals surface area contributed by atoms with Gasteiger partial charge in [0, 0.05) is 57.1 Å². The first-order chi connectivity index (χ1) is 22.2. The van der Waals surface area contributed by atoms with Crippen molar-refractivity contribution in [2.45, 2.75) is 70.4 Å². The number of aryl methyl sites for hydroxylation is 1. The van der Waals surface area contributed by atoms with E-state index in [9.17, 15) is 14.4 Å². The molecule has 0 spiro atoms. The highest BCUT2D eigenvalue weighted by Crippen LogP contribution is 2.33. The van der Waals surface area contributed by atoms with Crippen LogP contribution in [0.2, 0.25) is 0 Å². The third kappa shape index (κ3) is 7.40. The zero-order valence-corrected chi connectivity index (χ0v) is 27.3. The summed E-state index contributed by atoms with van der Waals surface area (Å²) >= 11 is 0. The summed E-state index contributed by atoms with van der Waals surface area (Å²) in [7, 11) is 2.19. The van der Waals surface area contributed by atoms with Gasteiger partial charge in [0.25, 0.3) is 5.91 Å². The predicted octanol–water partition coefficient (Wildman–Crippen LogP) is 4.15. The molecule has 1 aromatic heterocycles. The second-order valence-electron chi connectivity index (χ2n) is 13.7. The number of fused-ring (bicyclic) bond motifs is 1. The summed E-state index contributed by atoms with van der Waals surface area (Å²) in [6, 6.07) is 9.77. The fourth-order valence-corrected chi connectivity index (χ4v) is 7.74. The van der Waals surface area contributed by atoms with Gasteiger partial charge >= 0.3 is 12.1 Å². The first kappa shape index (κ1) is 32.1. The molecule has 1 atom stereocenters. The minimum atomic E-state index is -0.940. The monoisotopic (exact) mass is 631 g/mol. The van der Waals surface area contributed by atoms with Crippen molar-refractivity contribution in [2.24, 2.45) is 11.8 Å². The summed E-state index contributed by atoms with van der Waals surface area (Å²) in [4.78, 5) is 52.7. The minimum absolute atomic E-state index is 0.0328. The predicted molar refractivity (Wildman–Crippen MR) is 177 cm³/mol. The highest BCUT2D eigenvalue weighted by Gasteiger charge is 2.37. The number of nitrogen functional groups attached to an aromatic ring is 1. The lowest BCUT2D eigenvalue weighted by Gasteiger charge is -2.40. The van der Waals surface area contributed by atoms with Crippen LogP contribution in [0.3, 0.4) is 0 Å². The van der Waals surface area contributed by atoms with Gasteiger partial charge in [0.1, 0.15) is 5.82 Å². The van der Waals surface area contributed by atoms with Gasteiger partial charge in [-0.05, 0) is 107 Å². The summed E-state index contributed by atoms with van der Waals surface area (Å²) in [6.07, 6.45) is 7.03. The Morgan fingerprint density at radius 1 is 0.957 bits per heavy atom. The second-order valence-corrected chi connectivity index (χ2v) is 13.7. The highest BCUT2D eigenvalue weighted by atomic mass is 16.6. The number of anilines is 2. The number of nitrogens with two attached hydrogens (primary N) is 1. The summed E-state index contributed by atoms with van der Waals surface area (Å²) in [5, 5.41) is 3.05. The van der Waals surface area contributed by atoms with Crippen molar-refractivity contribution in [1.82, 2.24) is 24.6 Å². The van der Waals surface area contributed by atoms with Crippen LogP contribution in [-0.2, 0) is 22.4 Å². The normalized spacial score (nSPS) is 21.3. The summed E-state index contributed by atoms with van der Waals surface area (Å²) in [5.41, 5.74) is 9.59. The topological polar surface area (TPSA) is 124 Å². The Morgan fingerprint density at radius 3 is 2.30 bits per heavy atom. The number of rotatable bonds is 6. The number of para-hydroxylation sites is 1. The number of carbonyl (C=O) groups is 3. The standard InChI is InChI=1S/C35H49N7O4/c1-24-21-25(23-37-32(24)36)22-31(33(43)40-16-9-27(10-17-40)26-7-14-39(2)15-8-26)46-35(45)41-18-12-29(13-19-41)42-20-11-28-5-3-4-6-30(28)38-34(42)44/h3-6,21,23,26-27,29,31H,7-20,22H2,1-2H3,(H2,36,37)(H,38,44)/t31-/m1/s1. The second kappa shape index (κ2) is 14.3. The molecule has 0 saturated carbocycles. The van der Waals surface area contributed by atoms with E-state index in [1.54, 1.807) is 11.1 Å². The van der Waals surface area contributed by atoms with Crippen LogP contribution in [-0.4, -0.2) is 108 Å². The van der Waals surface area contributed by atoms with E-state index >= 15 is 0 Å². The van der Waals surface area contributed by atoms with Crippen molar-refractivity contribution in [2.75, 3.05) is 63.9 Å². The van der Waals surface area contributed by atoms with E-state index in [-0.39, 0.29) is 24.4 Å². The Morgan fingerprint density at radius 2 is 1.61 bits per heavy atom. The van der Waals surface area contributed by atoms with E-state index in [1.165, 1.54) is 12.8 Å². The number of likely N-dealkylation sites (tertiary alicyclic amines) is 3. The maximum atomic E-state index is 13.9. The van der Waals surface area contributed by atoms with Crippen LogP contribution in [0.15, 0.2) is 36.5 Å². The zero-order chi connectivity index (χ0) is 32.2. The van der Waals surface area contributed by atoms with Gasteiger partial charge in [-0.1, -0.05) is 24.3 Å². The van der Waals surface area contributed by atoms with Gasteiger partial charge in [0.15, 0.2) is 6.10 Å². The number of aromatic nitrogens is 1. The van der Waals surface area contributed by atoms with Crippen molar-refractivity contribution < 1.29 is 19.1 Å². The molecule has 11 nitrogen and oxygen atoms in total. The Labute approximate surface area is 272 Å². The number of ether oxygens (including phenoxy) is 1. The maximum absolute atomic E-state index is 13.9. The van der Waals surface area contributed by atoms with Gasteiger partial charge in [-0.25, -0.2) is 14.6 Å². The molecule has 3 saturated heterocycles. The fraction of sp³-hybridized carbons (Fsp3) is 0.600. The highest BCUT2D eigenvalue weighted by molar-refractivity contribution is 5.91. The number of hydrogen-bond donors (Lipinski definition) is 2. The number of benzene rings is 1. The van der Waals surface area contributed by atoms with Gasteiger partial charge in [0.2, 0.25) is 0 Å². The third-order valence-corrected chi connectivity index (χ3v) is 10.7. The van der Waals surface area contributed by atoms with E-state index in [1.807, 2.05) is 41.0 Å². The number of hydrogen-bond acceptors (Lipinski definition) is 7. The summed E-state index contributed by atoms with van der Waals surface area (Å²) in [5.74, 6) is 1.68. The number of carbonyl (C=O) groups excluding carboxylic acids is 3. The molecule has 1 aromatic carbocycles. The van der Waals surface area contributed by atoms with E-state index < -0.39 is 12.2 Å². The van der Waals surface area contributed by atoms with E-state index in [4.69, 9.17) is 10.5 Å². The van der Waals surface area contributed by atoms with Crippen LogP contribution >= 0.6 is 0 Å². The number of nitrogens with one attached hydrogen (secondary N) is 1. The molecule has 4 amide bonds. The van der Waals surface area contributed by atoms with Crippen molar-refractivity contribution >= 4 is 29.5 Å². The number of urea groups is 1. The van der Waals surface area contributed by atoms with Gasteiger partial charge < -0.3 is 35.4 Å². The van der Waals surface area contributed by atoms with Gasteiger partial charge in [0.05, 0.1) is 0 Å². The summed E-state index contributed by atoms with van der Waals surface area (Å²) < 4.78 is 6.04. The smallest absolute Gasteiger partial charge is 0.410 e. The molecule has 6 rings (SSSR count). The molecule has 3 N–H and O–H groups in total. The van der Waals surface area contributed by atoms with Crippen LogP contribution in [0.4, 0.5) is 21.1 Å². The number of pyridine rings is 1. The number of nitrogens with zero attached hydrogens (tertiary/aromatic N) is 5. The lowest BCUT2D eigenvalue weighted by Crippen LogP contribution is -2.52. The Bertz CT molecular complexity index is 1400. The molecule has 248 valence electrons. The van der Waals surface area contributed by atoms with E-state index in [0.29, 0.717) is 57.3 Å².